The standard InChI is InChI=1S/C20H26O8/c1-7-4-9(21)15(24)18(2)8(7)5-10-20-6-27-19(3,16(25)11(22)13(18)20)14(20)12(23)17(26)28-10/h7-8,10-14,16,22-23,25H,4-6H2,1-3H3/t7?,8-,10+,11+,12+,13+,14-,16-,18-,19+,20+/m0/s1. The van der Waals surface area contributed by atoms with Crippen LogP contribution < -0.4 is 0 Å². The highest BCUT2D eigenvalue weighted by atomic mass is 16.6. The van der Waals surface area contributed by atoms with Crippen LogP contribution in [0, 0.1) is 34.5 Å². The van der Waals surface area contributed by atoms with Crippen molar-refractivity contribution in [2.24, 2.45) is 34.5 Å². The van der Waals surface area contributed by atoms with Crippen LogP contribution in [0.25, 0.3) is 0 Å². The second-order valence-electron chi connectivity index (χ2n) is 9.90. The molecule has 0 aromatic heterocycles. The molecule has 1 spiro atoms. The van der Waals surface area contributed by atoms with Crippen molar-refractivity contribution in [2.75, 3.05) is 6.61 Å². The minimum absolute atomic E-state index is 0.0418. The van der Waals surface area contributed by atoms with Gasteiger partial charge in [0.2, 0.25) is 5.78 Å². The van der Waals surface area contributed by atoms with Crippen LogP contribution in [0.15, 0.2) is 0 Å². The zero-order valence-corrected chi connectivity index (χ0v) is 16.1. The average Bonchev–Trinajstić information content (AvgIpc) is 2.90. The van der Waals surface area contributed by atoms with Crippen LogP contribution >= 0.6 is 0 Å². The second-order valence-corrected chi connectivity index (χ2v) is 9.90. The molecule has 5 aliphatic rings. The van der Waals surface area contributed by atoms with Crippen LogP contribution in [-0.2, 0) is 23.9 Å². The Kier molecular flexibility index (Phi) is 3.48. The molecule has 5 rings (SSSR count). The lowest BCUT2D eigenvalue weighted by atomic mass is 9.37. The highest BCUT2D eigenvalue weighted by molar-refractivity contribution is 6.40. The summed E-state index contributed by atoms with van der Waals surface area (Å²) in [6, 6.07) is 0. The summed E-state index contributed by atoms with van der Waals surface area (Å²) in [6.07, 6.45) is -4.44. The number of fused-ring (bicyclic) bond motifs is 2. The molecule has 3 saturated carbocycles. The van der Waals surface area contributed by atoms with Crippen LogP contribution in [0.2, 0.25) is 0 Å². The predicted octanol–water partition coefficient (Wildman–Crippen LogP) is -0.780. The van der Waals surface area contributed by atoms with Gasteiger partial charge in [0.05, 0.1) is 12.7 Å². The Morgan fingerprint density at radius 2 is 1.75 bits per heavy atom. The summed E-state index contributed by atoms with van der Waals surface area (Å²) in [5, 5.41) is 32.9. The van der Waals surface area contributed by atoms with Crippen LogP contribution in [0.4, 0.5) is 0 Å². The first-order valence-electron chi connectivity index (χ1n) is 9.97. The summed E-state index contributed by atoms with van der Waals surface area (Å²) in [5.74, 6) is -3.88. The van der Waals surface area contributed by atoms with E-state index in [4.69, 9.17) is 9.47 Å². The van der Waals surface area contributed by atoms with E-state index in [1.807, 2.05) is 6.92 Å². The van der Waals surface area contributed by atoms with E-state index in [0.29, 0.717) is 6.42 Å². The van der Waals surface area contributed by atoms with Gasteiger partial charge in [0.25, 0.3) is 0 Å². The summed E-state index contributed by atoms with van der Waals surface area (Å²) in [5.41, 5.74) is -3.59. The summed E-state index contributed by atoms with van der Waals surface area (Å²) >= 11 is 0. The number of carbonyl (C=O) groups excluding carboxylic acids is 3. The Bertz CT molecular complexity index is 795. The maximum absolute atomic E-state index is 13.2. The molecular formula is C20H26O8. The van der Waals surface area contributed by atoms with Gasteiger partial charge in [-0.15, -0.1) is 0 Å². The molecule has 0 radical (unpaired) electrons. The Labute approximate surface area is 162 Å². The third-order valence-corrected chi connectivity index (χ3v) is 8.90. The first-order valence-corrected chi connectivity index (χ1v) is 9.97. The van der Waals surface area contributed by atoms with E-state index in [2.05, 4.69) is 0 Å². The van der Waals surface area contributed by atoms with Crippen molar-refractivity contribution in [3.05, 3.63) is 0 Å². The fraction of sp³-hybridized carbons (Fsp3) is 0.850. The third-order valence-electron chi connectivity index (χ3n) is 8.90. The minimum Gasteiger partial charge on any atom is -0.460 e. The maximum atomic E-state index is 13.2. The maximum Gasteiger partial charge on any atom is 0.335 e. The lowest BCUT2D eigenvalue weighted by Gasteiger charge is -2.67. The number of aliphatic hydroxyl groups excluding tert-OH is 3. The second kappa shape index (κ2) is 5.22. The largest absolute Gasteiger partial charge is 0.460 e. The van der Waals surface area contributed by atoms with Crippen molar-refractivity contribution in [3.8, 4) is 0 Å². The SMILES string of the molecule is CC1CC(=O)C(=O)[C@]2(C)[C@H]3[C@@H](O)[C@H](O)[C@]4(C)OC[C@@]35[C@@H](C[C@@H]12)OC(=O)[C@H](O)[C@@H]45. The van der Waals surface area contributed by atoms with Gasteiger partial charge < -0.3 is 24.8 Å². The van der Waals surface area contributed by atoms with E-state index in [1.165, 1.54) is 0 Å². The van der Waals surface area contributed by atoms with Crippen molar-refractivity contribution in [3.63, 3.8) is 0 Å². The lowest BCUT2D eigenvalue weighted by molar-refractivity contribution is -0.288. The molecule has 154 valence electrons. The highest BCUT2D eigenvalue weighted by Gasteiger charge is 2.82. The molecule has 2 heterocycles. The first-order chi connectivity index (χ1) is 13.0. The molecule has 0 aromatic rings. The van der Waals surface area contributed by atoms with Gasteiger partial charge in [-0.2, -0.15) is 0 Å². The van der Waals surface area contributed by atoms with E-state index in [9.17, 15) is 29.7 Å². The number of Topliss-reactive ketones (excluding diaryl/α,β-unsaturated/α-hetero) is 2. The zero-order valence-electron chi connectivity index (χ0n) is 16.1. The Balaban J connectivity index is 1.77. The number of carbonyl (C=O) groups is 3. The summed E-state index contributed by atoms with van der Waals surface area (Å²) in [6.45, 7) is 5.21. The Morgan fingerprint density at radius 1 is 1.07 bits per heavy atom. The number of esters is 1. The monoisotopic (exact) mass is 394 g/mol. The third kappa shape index (κ3) is 1.72. The quantitative estimate of drug-likeness (QED) is 0.360. The van der Waals surface area contributed by atoms with E-state index < -0.39 is 70.2 Å². The van der Waals surface area contributed by atoms with Crippen LogP contribution in [-0.4, -0.2) is 69.5 Å². The fourth-order valence-electron chi connectivity index (χ4n) is 7.79. The van der Waals surface area contributed by atoms with Crippen LogP contribution in [0.1, 0.15) is 33.6 Å². The van der Waals surface area contributed by atoms with Crippen molar-refractivity contribution in [2.45, 2.75) is 63.6 Å². The average molecular weight is 394 g/mol. The number of hydrogen-bond acceptors (Lipinski definition) is 8. The molecule has 8 nitrogen and oxygen atoms in total. The van der Waals surface area contributed by atoms with Crippen molar-refractivity contribution < 1.29 is 39.2 Å². The van der Waals surface area contributed by atoms with Crippen molar-refractivity contribution in [1.29, 1.82) is 0 Å². The molecule has 28 heavy (non-hydrogen) atoms. The molecule has 2 bridgehead atoms. The van der Waals surface area contributed by atoms with Gasteiger partial charge in [-0.3, -0.25) is 9.59 Å². The molecule has 5 fully saturated rings. The van der Waals surface area contributed by atoms with Gasteiger partial charge in [-0.25, -0.2) is 4.79 Å². The molecule has 3 N–H and O–H groups in total. The normalized spacial score (nSPS) is 60.1. The smallest absolute Gasteiger partial charge is 0.335 e. The molecule has 2 aliphatic heterocycles. The molecular weight excluding hydrogens is 368 g/mol. The number of hydrogen-bond donors (Lipinski definition) is 3. The molecule has 3 aliphatic carbocycles. The van der Waals surface area contributed by atoms with Gasteiger partial charge in [0.1, 0.15) is 17.8 Å². The molecule has 1 unspecified atom stereocenters. The van der Waals surface area contributed by atoms with Gasteiger partial charge >= 0.3 is 5.97 Å². The van der Waals surface area contributed by atoms with E-state index >= 15 is 0 Å². The Morgan fingerprint density at radius 3 is 2.43 bits per heavy atom. The van der Waals surface area contributed by atoms with Crippen molar-refractivity contribution in [1.82, 2.24) is 0 Å². The summed E-state index contributed by atoms with van der Waals surface area (Å²) < 4.78 is 11.6. The van der Waals surface area contributed by atoms with Gasteiger partial charge in [0, 0.05) is 29.1 Å². The van der Waals surface area contributed by atoms with E-state index in [1.54, 1.807) is 13.8 Å². The molecule has 0 aromatic carbocycles. The number of ketones is 2. The summed E-state index contributed by atoms with van der Waals surface area (Å²) in [7, 11) is 0. The molecule has 8 heteroatoms. The highest BCUT2D eigenvalue weighted by Crippen LogP contribution is 2.71. The molecule has 2 saturated heterocycles. The molecule has 0 amide bonds. The van der Waals surface area contributed by atoms with E-state index in [-0.39, 0.29) is 24.9 Å². The number of aliphatic hydroxyl groups is 3. The lowest BCUT2D eigenvalue weighted by Crippen LogP contribution is -2.78. The number of rotatable bonds is 0. The topological polar surface area (TPSA) is 130 Å². The number of ether oxygens (including phenoxy) is 2. The van der Waals surface area contributed by atoms with E-state index in [0.717, 1.165) is 0 Å². The fourth-order valence-corrected chi connectivity index (χ4v) is 7.79. The van der Waals surface area contributed by atoms with Crippen LogP contribution in [0.5, 0.6) is 0 Å². The molecule has 11 atom stereocenters. The van der Waals surface area contributed by atoms with Gasteiger partial charge in [-0.1, -0.05) is 13.8 Å². The van der Waals surface area contributed by atoms with Gasteiger partial charge in [-0.05, 0) is 25.2 Å². The first kappa shape index (κ1) is 18.7. The van der Waals surface area contributed by atoms with Crippen LogP contribution in [0.3, 0.4) is 0 Å². The predicted molar refractivity (Wildman–Crippen MR) is 91.7 cm³/mol. The Hall–Kier alpha value is -1.35. The zero-order chi connectivity index (χ0) is 20.4. The van der Waals surface area contributed by atoms with Gasteiger partial charge in [0.15, 0.2) is 11.9 Å². The van der Waals surface area contributed by atoms with Crippen molar-refractivity contribution >= 4 is 17.5 Å². The summed E-state index contributed by atoms with van der Waals surface area (Å²) in [4.78, 5) is 38.1. The minimum atomic E-state index is -1.53.